The summed E-state index contributed by atoms with van der Waals surface area (Å²) in [6.07, 6.45) is 12.3. The first-order chi connectivity index (χ1) is 14.8. The van der Waals surface area contributed by atoms with Crippen LogP contribution in [0.3, 0.4) is 0 Å². The zero-order valence-corrected chi connectivity index (χ0v) is 24.2. The summed E-state index contributed by atoms with van der Waals surface area (Å²) in [7, 11) is 6.37. The summed E-state index contributed by atoms with van der Waals surface area (Å²) in [6, 6.07) is 0. The number of hydrogen-bond acceptors (Lipinski definition) is 4. The number of rotatable bonds is 18. The van der Waals surface area contributed by atoms with Crippen LogP contribution >= 0.6 is 0 Å². The van der Waals surface area contributed by atoms with Crippen LogP contribution in [0.1, 0.15) is 85.0 Å². The number of hydroxylamine groups is 4. The Morgan fingerprint density at radius 2 is 1.16 bits per heavy atom. The molecule has 0 aliphatic rings. The zero-order chi connectivity index (χ0) is 23.7. The first-order valence-corrected chi connectivity index (χ1v) is 19.6. The Balaban J connectivity index is 5.81. The van der Waals surface area contributed by atoms with Gasteiger partial charge >= 0.3 is 196 Å². The number of hydrogen-bond donors (Lipinski definition) is 0. The number of unbranched alkanes of at least 4 members (excludes halogenated alkanes) is 3. The molecule has 0 aliphatic heterocycles. The van der Waals surface area contributed by atoms with Gasteiger partial charge in [-0.15, -0.1) is 0 Å². The Kier molecular flexibility index (Phi) is 17.5. The number of carbonyl (C=O) groups is 2. The predicted octanol–water partition coefficient (Wildman–Crippen LogP) is 5.90. The Labute approximate surface area is 195 Å². The molecule has 0 bridgehead atoms. The average molecular weight is 547 g/mol. The van der Waals surface area contributed by atoms with E-state index in [0.717, 1.165) is 12.8 Å². The molecule has 0 aromatic heterocycles. The van der Waals surface area contributed by atoms with Gasteiger partial charge in [-0.2, -0.15) is 0 Å². The van der Waals surface area contributed by atoms with Crippen molar-refractivity contribution in [3.05, 3.63) is 9.67 Å². The molecule has 0 saturated carbocycles. The molecule has 6 nitrogen and oxygen atoms in total. The van der Waals surface area contributed by atoms with Gasteiger partial charge in [0, 0.05) is 0 Å². The molecule has 0 fully saturated rings. The van der Waals surface area contributed by atoms with E-state index in [-0.39, 0.29) is 11.8 Å². The first-order valence-electron chi connectivity index (χ1n) is 12.1. The van der Waals surface area contributed by atoms with E-state index >= 15 is 0 Å². The number of amides is 2. The molecule has 0 radical (unpaired) electrons. The molecular formula is C24H48N2O4Sn. The normalized spacial score (nSPS) is 12.2. The summed E-state index contributed by atoms with van der Waals surface area (Å²) in [4.78, 5) is 34.8. The molecule has 0 aromatic rings. The monoisotopic (exact) mass is 548 g/mol. The molecule has 0 aliphatic carbocycles. The molecule has 0 atom stereocenters. The molecule has 0 N–H and O–H groups in total. The fourth-order valence-corrected chi connectivity index (χ4v) is 21.3. The Morgan fingerprint density at radius 1 is 0.742 bits per heavy atom. The SMILES string of the molecule is CCC[CH2][Sn]([CH2]CCC)([CH2]CCC)/[C](=C\CCC(=O)N(C)OC)CCC(=O)N(C)OC. The maximum absolute atomic E-state index is 12.5. The van der Waals surface area contributed by atoms with Crippen molar-refractivity contribution in [2.75, 3.05) is 28.3 Å². The Bertz CT molecular complexity index is 518. The average Bonchev–Trinajstić information content (AvgIpc) is 2.79. The van der Waals surface area contributed by atoms with Crippen molar-refractivity contribution in [1.82, 2.24) is 10.1 Å². The Morgan fingerprint density at radius 3 is 1.55 bits per heavy atom. The van der Waals surface area contributed by atoms with Gasteiger partial charge in [-0.25, -0.2) is 0 Å². The zero-order valence-electron chi connectivity index (χ0n) is 21.3. The second kappa shape index (κ2) is 17.9. The molecule has 0 saturated heterocycles. The van der Waals surface area contributed by atoms with Gasteiger partial charge < -0.3 is 0 Å². The van der Waals surface area contributed by atoms with Gasteiger partial charge in [0.15, 0.2) is 0 Å². The third-order valence-electron chi connectivity index (χ3n) is 6.32. The van der Waals surface area contributed by atoms with E-state index < -0.39 is 18.4 Å². The summed E-state index contributed by atoms with van der Waals surface area (Å²) in [6.45, 7) is 6.82. The molecule has 0 unspecified atom stereocenters. The predicted molar refractivity (Wildman–Crippen MR) is 131 cm³/mol. The number of carbonyl (C=O) groups excluding carboxylic acids is 2. The third kappa shape index (κ3) is 11.7. The third-order valence-corrected chi connectivity index (χ3v) is 22.7. The minimum atomic E-state index is -2.65. The molecular weight excluding hydrogens is 499 g/mol. The maximum atomic E-state index is 12.5. The summed E-state index contributed by atoms with van der Waals surface area (Å²) in [5.41, 5.74) is 0. The number of allylic oxidation sites excluding steroid dienone is 2. The van der Waals surface area contributed by atoms with Crippen molar-refractivity contribution >= 4 is 30.2 Å². The molecule has 0 rings (SSSR count). The molecule has 31 heavy (non-hydrogen) atoms. The van der Waals surface area contributed by atoms with E-state index in [4.69, 9.17) is 9.68 Å². The summed E-state index contributed by atoms with van der Waals surface area (Å²) in [5, 5.41) is 2.63. The van der Waals surface area contributed by atoms with Crippen LogP contribution in [0.15, 0.2) is 9.67 Å². The fraction of sp³-hybridized carbons (Fsp3) is 0.833. The second-order valence-corrected chi connectivity index (χ2v) is 21.9. The van der Waals surface area contributed by atoms with Gasteiger partial charge in [-0.3, -0.25) is 0 Å². The van der Waals surface area contributed by atoms with E-state index in [2.05, 4.69) is 26.8 Å². The molecule has 0 aromatic carbocycles. The quantitative estimate of drug-likeness (QED) is 0.158. The molecule has 2 amide bonds. The summed E-state index contributed by atoms with van der Waals surface area (Å²) >= 11 is -2.65. The minimum absolute atomic E-state index is 0.00947. The van der Waals surface area contributed by atoms with E-state index in [1.807, 2.05) is 0 Å². The van der Waals surface area contributed by atoms with Gasteiger partial charge in [0.05, 0.1) is 0 Å². The topological polar surface area (TPSA) is 59.1 Å². The van der Waals surface area contributed by atoms with Crippen LogP contribution in [0.5, 0.6) is 0 Å². The van der Waals surface area contributed by atoms with E-state index in [9.17, 15) is 9.59 Å². The fourth-order valence-electron chi connectivity index (χ4n) is 4.12. The van der Waals surface area contributed by atoms with Crippen molar-refractivity contribution in [3.63, 3.8) is 0 Å². The molecule has 0 spiro atoms. The van der Waals surface area contributed by atoms with Crippen LogP contribution in [0.4, 0.5) is 0 Å². The van der Waals surface area contributed by atoms with Crippen LogP contribution < -0.4 is 0 Å². The summed E-state index contributed by atoms with van der Waals surface area (Å²) < 4.78 is 5.64. The van der Waals surface area contributed by atoms with Crippen LogP contribution in [0.2, 0.25) is 13.3 Å². The van der Waals surface area contributed by atoms with Gasteiger partial charge in [-0.1, -0.05) is 0 Å². The van der Waals surface area contributed by atoms with E-state index in [0.29, 0.717) is 12.8 Å². The van der Waals surface area contributed by atoms with Crippen LogP contribution in [-0.4, -0.2) is 68.6 Å². The van der Waals surface area contributed by atoms with Crippen molar-refractivity contribution in [1.29, 1.82) is 0 Å². The number of nitrogens with zero attached hydrogens (tertiary/aromatic N) is 2. The van der Waals surface area contributed by atoms with Gasteiger partial charge in [-0.05, 0) is 0 Å². The molecule has 182 valence electrons. The van der Waals surface area contributed by atoms with Crippen LogP contribution in [0.25, 0.3) is 0 Å². The standard InChI is InChI=1S/C12H21N2O4.3C4H9.Sn/c1-13(17-3)11(15)9-7-5-6-8-10-12(16)14(2)18-4;3*1-3-4-2;/h5H,7-10H2,1-4H3;3*1,3-4H2,2H3;. The van der Waals surface area contributed by atoms with Crippen molar-refractivity contribution < 1.29 is 19.3 Å². The Hall–Kier alpha value is -0.601. The van der Waals surface area contributed by atoms with E-state index in [1.165, 1.54) is 76.2 Å². The second-order valence-electron chi connectivity index (χ2n) is 8.51. The van der Waals surface area contributed by atoms with E-state index in [1.54, 1.807) is 17.7 Å². The molecule has 0 heterocycles. The van der Waals surface area contributed by atoms with Crippen molar-refractivity contribution in [2.45, 2.75) is 98.3 Å². The van der Waals surface area contributed by atoms with Crippen LogP contribution in [-0.2, 0) is 19.3 Å². The summed E-state index contributed by atoms with van der Waals surface area (Å²) in [5.74, 6) is 0.00928. The van der Waals surface area contributed by atoms with Gasteiger partial charge in [0.2, 0.25) is 0 Å². The van der Waals surface area contributed by atoms with Crippen molar-refractivity contribution in [3.8, 4) is 0 Å². The van der Waals surface area contributed by atoms with Gasteiger partial charge in [0.1, 0.15) is 0 Å². The first kappa shape index (κ1) is 30.4. The molecule has 7 heteroatoms. The van der Waals surface area contributed by atoms with Crippen LogP contribution in [0, 0.1) is 0 Å². The van der Waals surface area contributed by atoms with Gasteiger partial charge in [0.25, 0.3) is 0 Å². The van der Waals surface area contributed by atoms with Crippen molar-refractivity contribution in [2.24, 2.45) is 0 Å².